The van der Waals surface area contributed by atoms with Crippen LogP contribution in [-0.4, -0.2) is 66.5 Å². The van der Waals surface area contributed by atoms with Crippen molar-refractivity contribution >= 4 is 25.7 Å². The molecule has 0 aromatic heterocycles. The lowest BCUT2D eigenvalue weighted by Gasteiger charge is -2.21. The molecular formula is C66H121O11P. The second-order valence-electron chi connectivity index (χ2n) is 21.9. The molecule has 0 aliphatic rings. The molecule has 2 N–H and O–H groups in total. The largest absolute Gasteiger partial charge is 0.472 e. The average molecular weight is 1120 g/mol. The maximum absolute atomic E-state index is 13.0. The summed E-state index contributed by atoms with van der Waals surface area (Å²) in [6, 6.07) is 0. The van der Waals surface area contributed by atoms with E-state index in [1.54, 1.807) is 0 Å². The van der Waals surface area contributed by atoms with Crippen LogP contribution >= 0.6 is 7.82 Å². The first kappa shape index (κ1) is 75.4. The number of phosphoric acid groups is 1. The van der Waals surface area contributed by atoms with Gasteiger partial charge in [0.25, 0.3) is 0 Å². The molecule has 0 radical (unpaired) electrons. The number of ether oxygens (including phenoxy) is 3. The van der Waals surface area contributed by atoms with Crippen LogP contribution in [0, 0.1) is 0 Å². The molecule has 0 saturated carbocycles. The number of allylic oxidation sites excluding steroid dienone is 8. The van der Waals surface area contributed by atoms with Crippen LogP contribution in [0.1, 0.15) is 316 Å². The number of rotatable bonds is 61. The average Bonchev–Trinajstić information content (AvgIpc) is 3.43. The highest BCUT2D eigenvalue weighted by atomic mass is 31.2. The van der Waals surface area contributed by atoms with Gasteiger partial charge < -0.3 is 24.2 Å². The van der Waals surface area contributed by atoms with Crippen molar-refractivity contribution < 1.29 is 52.2 Å². The summed E-state index contributed by atoms with van der Waals surface area (Å²) in [7, 11) is -4.76. The molecule has 0 amide bonds. The highest BCUT2D eigenvalue weighted by Gasteiger charge is 2.28. The molecule has 78 heavy (non-hydrogen) atoms. The predicted molar refractivity (Wildman–Crippen MR) is 325 cm³/mol. The van der Waals surface area contributed by atoms with Gasteiger partial charge in [-0.3, -0.25) is 23.4 Å². The number of carbonyl (C=O) groups excluding carboxylic acids is 3. The van der Waals surface area contributed by atoms with E-state index in [2.05, 4.69) is 69.4 Å². The van der Waals surface area contributed by atoms with E-state index in [-0.39, 0.29) is 25.9 Å². The summed E-state index contributed by atoms with van der Waals surface area (Å²) in [5.74, 6) is -1.47. The van der Waals surface area contributed by atoms with Crippen LogP contribution in [-0.2, 0) is 42.2 Å². The Morgan fingerprint density at radius 3 is 1.05 bits per heavy atom. The van der Waals surface area contributed by atoms with Gasteiger partial charge in [0, 0.05) is 19.3 Å². The first-order chi connectivity index (χ1) is 38.2. The molecular weight excluding hydrogens is 1000 g/mol. The van der Waals surface area contributed by atoms with Gasteiger partial charge in [0.15, 0.2) is 6.10 Å². The monoisotopic (exact) mass is 1120 g/mol. The smallest absolute Gasteiger partial charge is 0.462 e. The number of esters is 3. The van der Waals surface area contributed by atoms with Gasteiger partial charge in [0.1, 0.15) is 12.7 Å². The van der Waals surface area contributed by atoms with E-state index in [1.165, 1.54) is 180 Å². The number of phosphoric ester groups is 1. The molecule has 0 fully saturated rings. The van der Waals surface area contributed by atoms with E-state index in [9.17, 15) is 28.9 Å². The summed E-state index contributed by atoms with van der Waals surface area (Å²) in [5, 5.41) is 9.83. The number of hydrogen-bond donors (Lipinski definition) is 2. The molecule has 456 valence electrons. The van der Waals surface area contributed by atoms with Gasteiger partial charge in [-0.1, -0.05) is 268 Å². The molecule has 3 atom stereocenters. The second kappa shape index (κ2) is 60.5. The lowest BCUT2D eigenvalue weighted by Crippen LogP contribution is -2.30. The lowest BCUT2D eigenvalue weighted by molar-refractivity contribution is -0.161. The number of aliphatic hydroxyl groups excluding tert-OH is 1. The predicted octanol–water partition coefficient (Wildman–Crippen LogP) is 19.7. The molecule has 0 aromatic carbocycles. The summed E-state index contributed by atoms with van der Waals surface area (Å²) < 4.78 is 39.7. The van der Waals surface area contributed by atoms with Crippen molar-refractivity contribution in [3.8, 4) is 0 Å². The van der Waals surface area contributed by atoms with Gasteiger partial charge >= 0.3 is 25.7 Å². The Bertz CT molecular complexity index is 1490. The van der Waals surface area contributed by atoms with Crippen LogP contribution in [0.5, 0.6) is 0 Å². The summed E-state index contributed by atoms with van der Waals surface area (Å²) in [4.78, 5) is 48.7. The van der Waals surface area contributed by atoms with Crippen molar-refractivity contribution in [2.24, 2.45) is 0 Å². The van der Waals surface area contributed by atoms with Crippen molar-refractivity contribution in [2.75, 3.05) is 26.4 Å². The van der Waals surface area contributed by atoms with Gasteiger partial charge in [0.2, 0.25) is 0 Å². The zero-order valence-electron chi connectivity index (χ0n) is 50.6. The first-order valence-corrected chi connectivity index (χ1v) is 34.0. The molecule has 0 bridgehead atoms. The van der Waals surface area contributed by atoms with Gasteiger partial charge in [-0.25, -0.2) is 4.57 Å². The Morgan fingerprint density at radius 2 is 0.667 bits per heavy atom. The normalized spacial score (nSPS) is 13.6. The molecule has 0 heterocycles. The third-order valence-corrected chi connectivity index (χ3v) is 15.2. The van der Waals surface area contributed by atoms with Crippen LogP contribution in [0.2, 0.25) is 0 Å². The van der Waals surface area contributed by atoms with Crippen molar-refractivity contribution in [3.05, 3.63) is 48.6 Å². The highest BCUT2D eigenvalue weighted by molar-refractivity contribution is 7.47. The fraction of sp³-hybridized carbons (Fsp3) is 0.833. The molecule has 11 nitrogen and oxygen atoms in total. The number of carbonyl (C=O) groups is 3. The summed E-state index contributed by atoms with van der Waals surface area (Å²) in [5.41, 5.74) is 0. The van der Waals surface area contributed by atoms with E-state index in [1.807, 2.05) is 0 Å². The Kier molecular flexibility index (Phi) is 58.5. The lowest BCUT2D eigenvalue weighted by atomic mass is 10.0. The maximum atomic E-state index is 13.0. The summed E-state index contributed by atoms with van der Waals surface area (Å²) in [6.07, 6.45) is 66.4. The van der Waals surface area contributed by atoms with E-state index >= 15 is 0 Å². The van der Waals surface area contributed by atoms with E-state index in [4.69, 9.17) is 23.3 Å². The minimum absolute atomic E-state index is 0.144. The minimum atomic E-state index is -4.76. The molecule has 0 spiro atoms. The third kappa shape index (κ3) is 58.1. The van der Waals surface area contributed by atoms with Crippen molar-refractivity contribution in [1.29, 1.82) is 0 Å². The van der Waals surface area contributed by atoms with E-state index in [0.717, 1.165) is 77.0 Å². The zero-order chi connectivity index (χ0) is 56.9. The standard InChI is InChI=1S/C66H121O11P/c1-4-7-10-13-16-19-22-25-27-29-31-33-35-38-40-43-46-49-52-55-64(68)73-59-63(77-66(70)57-54-51-48-45-42-39-36-34-32-30-28-26-23-20-17-14-11-8-5-2)61-75-78(71,72)74-60-62(58-67)76-65(69)56-53-50-47-44-41-37-24-21-18-15-12-9-6-3/h9,12,18,21,25,27,37,41,62-63,67H,4-8,10-11,13-17,19-20,22-24,26,28-36,38-40,42-61H2,1-3H3,(H,71,72)/b12-9-,21-18-,27-25-,41-37-. The summed E-state index contributed by atoms with van der Waals surface area (Å²) >= 11 is 0. The van der Waals surface area contributed by atoms with Crippen LogP contribution < -0.4 is 0 Å². The van der Waals surface area contributed by atoms with Gasteiger partial charge in [0.05, 0.1) is 19.8 Å². The maximum Gasteiger partial charge on any atom is 0.472 e. The zero-order valence-corrected chi connectivity index (χ0v) is 51.5. The minimum Gasteiger partial charge on any atom is -0.462 e. The highest BCUT2D eigenvalue weighted by Crippen LogP contribution is 2.43. The van der Waals surface area contributed by atoms with Crippen molar-refractivity contribution in [2.45, 2.75) is 328 Å². The van der Waals surface area contributed by atoms with E-state index < -0.39 is 57.8 Å². The van der Waals surface area contributed by atoms with Gasteiger partial charge in [-0.2, -0.15) is 0 Å². The first-order valence-electron chi connectivity index (χ1n) is 32.5. The fourth-order valence-electron chi connectivity index (χ4n) is 9.31. The number of unbranched alkanes of at least 4 members (excludes halogenated alkanes) is 36. The Morgan fingerprint density at radius 1 is 0.372 bits per heavy atom. The van der Waals surface area contributed by atoms with Gasteiger partial charge in [-0.05, 0) is 77.0 Å². The van der Waals surface area contributed by atoms with Crippen LogP contribution in [0.3, 0.4) is 0 Å². The SMILES string of the molecule is CC/C=C\C/C=C\C/C=C\CCCCCC(=O)OC(CO)COP(=O)(O)OCC(COC(=O)CCCCCCCCCCC/C=C\CCCCCCCC)OC(=O)CCCCCCCCCCCCCCCCCCCCC. The number of hydrogen-bond acceptors (Lipinski definition) is 10. The topological polar surface area (TPSA) is 155 Å². The molecule has 0 aromatic rings. The van der Waals surface area contributed by atoms with E-state index in [0.29, 0.717) is 19.3 Å². The summed E-state index contributed by atoms with van der Waals surface area (Å²) in [6.45, 7) is 4.56. The van der Waals surface area contributed by atoms with Crippen molar-refractivity contribution in [3.63, 3.8) is 0 Å². The van der Waals surface area contributed by atoms with Crippen LogP contribution in [0.4, 0.5) is 0 Å². The second-order valence-corrected chi connectivity index (χ2v) is 23.4. The molecule has 0 saturated heterocycles. The van der Waals surface area contributed by atoms with Crippen LogP contribution in [0.15, 0.2) is 48.6 Å². The Hall–Kier alpha value is -2.56. The number of aliphatic hydroxyl groups is 1. The van der Waals surface area contributed by atoms with Crippen LogP contribution in [0.25, 0.3) is 0 Å². The Balaban J connectivity index is 4.68. The quantitative estimate of drug-likeness (QED) is 0.0197. The van der Waals surface area contributed by atoms with Crippen molar-refractivity contribution in [1.82, 2.24) is 0 Å². The molecule has 0 rings (SSSR count). The molecule has 3 unspecified atom stereocenters. The molecule has 0 aliphatic heterocycles. The molecule has 0 aliphatic carbocycles. The molecule has 12 heteroatoms. The van der Waals surface area contributed by atoms with Gasteiger partial charge in [-0.15, -0.1) is 0 Å². The Labute approximate surface area is 479 Å². The third-order valence-electron chi connectivity index (χ3n) is 14.2. The fourth-order valence-corrected chi connectivity index (χ4v) is 10.1.